The highest BCUT2D eigenvalue weighted by Gasteiger charge is 2.32. The molecular formula is C28H40N4O7S. The van der Waals surface area contributed by atoms with Crippen LogP contribution in [-0.2, 0) is 34.8 Å². The molecule has 3 aromatic rings. The van der Waals surface area contributed by atoms with Crippen LogP contribution in [0.4, 0.5) is 0 Å². The molecule has 0 bridgehead atoms. The van der Waals surface area contributed by atoms with Crippen molar-refractivity contribution in [2.24, 2.45) is 13.0 Å². The van der Waals surface area contributed by atoms with Crippen molar-refractivity contribution < 1.29 is 28.1 Å². The van der Waals surface area contributed by atoms with E-state index >= 15 is 0 Å². The van der Waals surface area contributed by atoms with Crippen LogP contribution in [0.2, 0.25) is 0 Å². The van der Waals surface area contributed by atoms with Crippen molar-refractivity contribution in [3.05, 3.63) is 39.8 Å². The lowest BCUT2D eigenvalue weighted by atomic mass is 9.93. The molecule has 0 aliphatic carbocycles. The molecule has 4 rings (SSSR count). The van der Waals surface area contributed by atoms with Crippen LogP contribution in [0.1, 0.15) is 57.7 Å². The van der Waals surface area contributed by atoms with Gasteiger partial charge < -0.3 is 29.2 Å². The Morgan fingerprint density at radius 3 is 2.52 bits per heavy atom. The molecule has 1 saturated heterocycles. The first-order chi connectivity index (χ1) is 19.2. The van der Waals surface area contributed by atoms with Gasteiger partial charge in [0.05, 0.1) is 35.3 Å². The first-order valence-electron chi connectivity index (χ1n) is 13.9. The Balaban J connectivity index is 1.77. The van der Waals surface area contributed by atoms with Gasteiger partial charge >= 0.3 is 0 Å². The molecule has 11 nitrogen and oxygen atoms in total. The summed E-state index contributed by atoms with van der Waals surface area (Å²) in [5.74, 6) is 0.793. The van der Waals surface area contributed by atoms with Gasteiger partial charge in [-0.25, -0.2) is 13.4 Å². The van der Waals surface area contributed by atoms with Crippen LogP contribution in [-0.4, -0.2) is 70.1 Å². The van der Waals surface area contributed by atoms with Gasteiger partial charge in [0.25, 0.3) is 5.56 Å². The minimum absolute atomic E-state index is 0.0880. The molecule has 0 saturated carbocycles. The van der Waals surface area contributed by atoms with Crippen molar-refractivity contribution in [2.45, 2.75) is 70.5 Å². The predicted molar refractivity (Wildman–Crippen MR) is 152 cm³/mol. The second kappa shape index (κ2) is 12.8. The van der Waals surface area contributed by atoms with E-state index in [2.05, 4.69) is 4.98 Å². The highest BCUT2D eigenvalue weighted by atomic mass is 32.2. The third-order valence-corrected chi connectivity index (χ3v) is 9.62. The fourth-order valence-corrected chi connectivity index (χ4v) is 6.98. The van der Waals surface area contributed by atoms with Crippen molar-refractivity contribution >= 4 is 21.1 Å². The number of aliphatic hydroxyl groups is 2. The Kier molecular flexibility index (Phi) is 9.68. The van der Waals surface area contributed by atoms with E-state index in [0.717, 1.165) is 18.4 Å². The van der Waals surface area contributed by atoms with E-state index in [1.807, 2.05) is 20.8 Å². The zero-order valence-electron chi connectivity index (χ0n) is 23.6. The Hall–Kier alpha value is -2.77. The van der Waals surface area contributed by atoms with Crippen LogP contribution in [0, 0.1) is 5.92 Å². The van der Waals surface area contributed by atoms with Crippen molar-refractivity contribution in [1.29, 1.82) is 0 Å². The van der Waals surface area contributed by atoms with Gasteiger partial charge in [-0.05, 0) is 56.7 Å². The second-order valence-electron chi connectivity index (χ2n) is 10.3. The number of H-pyrrole nitrogens is 1. The van der Waals surface area contributed by atoms with E-state index in [-0.39, 0.29) is 41.7 Å². The summed E-state index contributed by atoms with van der Waals surface area (Å²) < 4.78 is 41.8. The number of hydrogen-bond donors (Lipinski definition) is 3. The normalized spacial score (nSPS) is 16.1. The summed E-state index contributed by atoms with van der Waals surface area (Å²) in [5, 5.41) is 19.1. The summed E-state index contributed by atoms with van der Waals surface area (Å²) in [6.07, 6.45) is 3.27. The second-order valence-corrected chi connectivity index (χ2v) is 12.2. The molecule has 220 valence electrons. The number of ether oxygens (including phenoxy) is 2. The van der Waals surface area contributed by atoms with E-state index < -0.39 is 10.0 Å². The summed E-state index contributed by atoms with van der Waals surface area (Å²) in [6.45, 7) is 6.38. The third kappa shape index (κ3) is 5.82. The van der Waals surface area contributed by atoms with Gasteiger partial charge in [-0.15, -0.1) is 0 Å². The van der Waals surface area contributed by atoms with Crippen LogP contribution in [0.25, 0.3) is 22.4 Å². The average Bonchev–Trinajstić information content (AvgIpc) is 3.22. The van der Waals surface area contributed by atoms with Crippen molar-refractivity contribution in [1.82, 2.24) is 18.8 Å². The maximum atomic E-state index is 13.7. The topological polar surface area (TPSA) is 147 Å². The largest absolute Gasteiger partial charge is 0.493 e. The number of piperidine rings is 1. The molecule has 0 spiro atoms. The van der Waals surface area contributed by atoms with Crippen molar-refractivity contribution in [2.75, 3.05) is 26.5 Å². The molecule has 3 heterocycles. The molecule has 1 atom stereocenters. The number of hydrogen-bond acceptors (Lipinski definition) is 8. The number of fused-ring (bicyclic) bond motifs is 1. The number of aliphatic hydroxyl groups excluding tert-OH is 2. The van der Waals surface area contributed by atoms with Crippen LogP contribution < -0.4 is 10.3 Å². The number of aryl methyl sites for hydroxylation is 2. The zero-order valence-corrected chi connectivity index (χ0v) is 24.5. The maximum absolute atomic E-state index is 13.7. The smallest absolute Gasteiger partial charge is 0.275 e. The zero-order chi connectivity index (χ0) is 29.0. The molecule has 0 radical (unpaired) electrons. The molecule has 1 aromatic carbocycles. The molecule has 40 heavy (non-hydrogen) atoms. The first kappa shape index (κ1) is 30.2. The SMILES string of the molecule is CCCOc1ccc(S(=O)(=O)N2CCC([C@H](C)OCO)CC2)cc1-c1nc2c(CCC)c(CO)n(C)c2c(=O)[nH]1. The van der Waals surface area contributed by atoms with Gasteiger partial charge in [0.15, 0.2) is 0 Å². The third-order valence-electron chi connectivity index (χ3n) is 7.72. The van der Waals surface area contributed by atoms with Crippen LogP contribution in [0.5, 0.6) is 5.75 Å². The standard InChI is InChI=1S/C28H40N4O7S/c1-5-7-21-23(16-33)31(4)26-25(21)29-27(30-28(26)35)22-15-20(8-9-24(22)38-14-6-2)40(36,37)32-12-10-19(11-13-32)18(3)39-17-34/h8-9,15,18-19,33-34H,5-7,10-14,16-17H2,1-4H3,(H,29,30,35)/t18-/m0/s1. The first-order valence-corrected chi connectivity index (χ1v) is 15.3. The van der Waals surface area contributed by atoms with E-state index in [1.54, 1.807) is 17.7 Å². The molecule has 0 amide bonds. The van der Waals surface area contributed by atoms with Gasteiger partial charge in [-0.3, -0.25) is 4.79 Å². The Bertz CT molecular complexity index is 1490. The predicted octanol–water partition coefficient (Wildman–Crippen LogP) is 2.92. The fraction of sp³-hybridized carbons (Fsp3) is 0.571. The summed E-state index contributed by atoms with van der Waals surface area (Å²) in [6, 6.07) is 4.66. The van der Waals surface area contributed by atoms with Crippen LogP contribution in [0.15, 0.2) is 27.9 Å². The van der Waals surface area contributed by atoms with Crippen molar-refractivity contribution in [3.8, 4) is 17.1 Å². The molecule has 1 aliphatic heterocycles. The summed E-state index contributed by atoms with van der Waals surface area (Å²) >= 11 is 0. The van der Waals surface area contributed by atoms with Gasteiger partial charge in [0.1, 0.15) is 23.9 Å². The van der Waals surface area contributed by atoms with E-state index in [0.29, 0.717) is 67.0 Å². The highest BCUT2D eigenvalue weighted by Crippen LogP contribution is 2.34. The quantitative estimate of drug-likeness (QED) is 0.279. The summed E-state index contributed by atoms with van der Waals surface area (Å²) in [5.41, 5.74) is 2.28. The molecule has 0 unspecified atom stereocenters. The molecule has 12 heteroatoms. The molecule has 3 N–H and O–H groups in total. The highest BCUT2D eigenvalue weighted by molar-refractivity contribution is 7.89. The number of sulfonamides is 1. The monoisotopic (exact) mass is 576 g/mol. The van der Waals surface area contributed by atoms with Gasteiger partial charge in [0, 0.05) is 31.4 Å². The van der Waals surface area contributed by atoms with Crippen LogP contribution in [0.3, 0.4) is 0 Å². The number of rotatable bonds is 12. The van der Waals surface area contributed by atoms with Gasteiger partial charge in [-0.1, -0.05) is 20.3 Å². The number of aromatic nitrogens is 3. The lowest BCUT2D eigenvalue weighted by Gasteiger charge is -2.33. The lowest BCUT2D eigenvalue weighted by Crippen LogP contribution is -2.41. The molecule has 1 aliphatic rings. The number of nitrogens with one attached hydrogen (secondary N) is 1. The van der Waals surface area contributed by atoms with Crippen molar-refractivity contribution in [3.63, 3.8) is 0 Å². The summed E-state index contributed by atoms with van der Waals surface area (Å²) in [7, 11) is -2.11. The van der Waals surface area contributed by atoms with E-state index in [4.69, 9.17) is 19.6 Å². The van der Waals surface area contributed by atoms with E-state index in [1.165, 1.54) is 16.4 Å². The Labute approximate surface area is 234 Å². The maximum Gasteiger partial charge on any atom is 0.275 e. The Morgan fingerprint density at radius 2 is 1.90 bits per heavy atom. The van der Waals surface area contributed by atoms with Gasteiger partial charge in [-0.2, -0.15) is 4.31 Å². The molecule has 1 fully saturated rings. The lowest BCUT2D eigenvalue weighted by molar-refractivity contribution is -0.0715. The number of benzene rings is 1. The molecular weight excluding hydrogens is 536 g/mol. The summed E-state index contributed by atoms with van der Waals surface area (Å²) in [4.78, 5) is 21.0. The fourth-order valence-electron chi connectivity index (χ4n) is 5.49. The minimum atomic E-state index is -3.84. The minimum Gasteiger partial charge on any atom is -0.493 e. The number of nitrogens with zero attached hydrogens (tertiary/aromatic N) is 3. The van der Waals surface area contributed by atoms with Crippen LogP contribution >= 0.6 is 0 Å². The number of aromatic amines is 1. The molecule has 2 aromatic heterocycles. The van der Waals surface area contributed by atoms with E-state index in [9.17, 15) is 18.3 Å². The average molecular weight is 577 g/mol. The Morgan fingerprint density at radius 1 is 1.18 bits per heavy atom. The van der Waals surface area contributed by atoms with Gasteiger partial charge in [0.2, 0.25) is 10.0 Å².